The number of rotatable bonds is 2. The largest absolute Gasteiger partial charge is 0.320 e. The number of fused-ring (bicyclic) bond motifs is 1. The number of benzene rings is 2. The van der Waals surface area contributed by atoms with Gasteiger partial charge in [-0.25, -0.2) is 0 Å². The maximum atomic E-state index is 6.38. The molecule has 1 unspecified atom stereocenters. The maximum Gasteiger partial charge on any atom is 0.0566 e. The third kappa shape index (κ3) is 1.84. The van der Waals surface area contributed by atoms with Crippen LogP contribution in [0.2, 0.25) is 0 Å². The minimum Gasteiger partial charge on any atom is -0.320 e. The van der Waals surface area contributed by atoms with Gasteiger partial charge < -0.3 is 5.73 Å². The first-order valence-electron chi connectivity index (χ1n) is 6.03. The molecular weight excluding hydrogens is 238 g/mol. The highest BCUT2D eigenvalue weighted by atomic mass is 32.1. The molecule has 3 rings (SSSR count). The Balaban J connectivity index is 2.21. The Morgan fingerprint density at radius 3 is 2.50 bits per heavy atom. The van der Waals surface area contributed by atoms with Crippen molar-refractivity contribution >= 4 is 22.1 Å². The molecule has 0 aliphatic carbocycles. The summed E-state index contributed by atoms with van der Waals surface area (Å²) in [5.74, 6) is 0. The molecule has 1 nitrogen and oxygen atoms in total. The molecule has 0 radical (unpaired) electrons. The molecule has 2 heteroatoms. The molecule has 0 saturated heterocycles. The molecular formula is C16H15NS. The second kappa shape index (κ2) is 4.56. The van der Waals surface area contributed by atoms with E-state index in [1.807, 2.05) is 0 Å². The highest BCUT2D eigenvalue weighted by molar-refractivity contribution is 7.08. The molecule has 0 spiro atoms. The predicted octanol–water partition coefficient (Wildman–Crippen LogP) is 4.26. The van der Waals surface area contributed by atoms with Crippen LogP contribution in [0.1, 0.15) is 22.7 Å². The first-order valence-corrected chi connectivity index (χ1v) is 6.97. The first-order chi connectivity index (χ1) is 8.77. The van der Waals surface area contributed by atoms with Crippen molar-refractivity contribution in [1.82, 2.24) is 0 Å². The van der Waals surface area contributed by atoms with Gasteiger partial charge in [0.25, 0.3) is 0 Å². The van der Waals surface area contributed by atoms with Crippen LogP contribution in [0.15, 0.2) is 53.2 Å². The van der Waals surface area contributed by atoms with Crippen molar-refractivity contribution in [3.63, 3.8) is 0 Å². The molecule has 0 aliphatic heterocycles. The van der Waals surface area contributed by atoms with Crippen molar-refractivity contribution < 1.29 is 0 Å². The Morgan fingerprint density at radius 2 is 1.78 bits per heavy atom. The topological polar surface area (TPSA) is 26.0 Å². The first kappa shape index (κ1) is 11.5. The van der Waals surface area contributed by atoms with Gasteiger partial charge in [0.15, 0.2) is 0 Å². The van der Waals surface area contributed by atoms with Crippen molar-refractivity contribution in [1.29, 1.82) is 0 Å². The second-order valence-electron chi connectivity index (χ2n) is 4.55. The summed E-state index contributed by atoms with van der Waals surface area (Å²) >= 11 is 1.69. The fourth-order valence-corrected chi connectivity index (χ4v) is 3.07. The highest BCUT2D eigenvalue weighted by Crippen LogP contribution is 2.29. The van der Waals surface area contributed by atoms with Crippen molar-refractivity contribution in [3.8, 4) is 0 Å². The zero-order valence-electron chi connectivity index (χ0n) is 10.3. The molecule has 0 bridgehead atoms. The average molecular weight is 253 g/mol. The SMILES string of the molecule is Cc1ccc(C(N)c2ccsc2)c2ccccc12. The maximum absolute atomic E-state index is 6.38. The summed E-state index contributed by atoms with van der Waals surface area (Å²) < 4.78 is 0. The lowest BCUT2D eigenvalue weighted by atomic mass is 9.94. The number of nitrogens with two attached hydrogens (primary N) is 1. The van der Waals surface area contributed by atoms with Crippen molar-refractivity contribution in [2.24, 2.45) is 5.73 Å². The van der Waals surface area contributed by atoms with Gasteiger partial charge in [0, 0.05) is 0 Å². The zero-order chi connectivity index (χ0) is 12.5. The van der Waals surface area contributed by atoms with E-state index in [1.54, 1.807) is 11.3 Å². The highest BCUT2D eigenvalue weighted by Gasteiger charge is 2.12. The third-order valence-corrected chi connectivity index (χ3v) is 4.11. The number of hydrogen-bond acceptors (Lipinski definition) is 2. The van der Waals surface area contributed by atoms with Crippen LogP contribution in [0.3, 0.4) is 0 Å². The van der Waals surface area contributed by atoms with Crippen LogP contribution in [-0.2, 0) is 0 Å². The van der Waals surface area contributed by atoms with E-state index in [0.717, 1.165) is 0 Å². The monoisotopic (exact) mass is 253 g/mol. The summed E-state index contributed by atoms with van der Waals surface area (Å²) in [6.45, 7) is 2.14. The molecule has 0 fully saturated rings. The van der Waals surface area contributed by atoms with Gasteiger partial charge in [-0.1, -0.05) is 36.4 Å². The van der Waals surface area contributed by atoms with E-state index in [-0.39, 0.29) is 6.04 Å². The quantitative estimate of drug-likeness (QED) is 0.725. The van der Waals surface area contributed by atoms with E-state index in [0.29, 0.717) is 0 Å². The summed E-state index contributed by atoms with van der Waals surface area (Å²) in [5.41, 5.74) is 10.1. The van der Waals surface area contributed by atoms with Gasteiger partial charge >= 0.3 is 0 Å². The number of hydrogen-bond donors (Lipinski definition) is 1. The van der Waals surface area contributed by atoms with E-state index in [4.69, 9.17) is 5.73 Å². The van der Waals surface area contributed by atoms with Crippen LogP contribution in [0.4, 0.5) is 0 Å². The lowest BCUT2D eigenvalue weighted by Crippen LogP contribution is -2.11. The lowest BCUT2D eigenvalue weighted by molar-refractivity contribution is 0.886. The fraction of sp³-hybridized carbons (Fsp3) is 0.125. The Bertz CT molecular complexity index is 671. The Kier molecular flexibility index (Phi) is 2.90. The Morgan fingerprint density at radius 1 is 1.00 bits per heavy atom. The van der Waals surface area contributed by atoms with E-state index in [1.165, 1.54) is 27.5 Å². The van der Waals surface area contributed by atoms with Crippen LogP contribution in [0.5, 0.6) is 0 Å². The summed E-state index contributed by atoms with van der Waals surface area (Å²) in [5, 5.41) is 6.75. The van der Waals surface area contributed by atoms with Crippen LogP contribution in [0, 0.1) is 6.92 Å². The van der Waals surface area contributed by atoms with E-state index in [9.17, 15) is 0 Å². The standard InChI is InChI=1S/C16H15NS/c1-11-6-7-15(14-5-3-2-4-13(11)14)16(17)12-8-9-18-10-12/h2-10,16H,17H2,1H3. The van der Waals surface area contributed by atoms with Crippen molar-refractivity contribution in [2.45, 2.75) is 13.0 Å². The average Bonchev–Trinajstić information content (AvgIpc) is 2.93. The molecule has 1 atom stereocenters. The summed E-state index contributed by atoms with van der Waals surface area (Å²) in [6, 6.07) is 14.8. The molecule has 0 saturated carbocycles. The number of thiophene rings is 1. The van der Waals surface area contributed by atoms with E-state index in [2.05, 4.69) is 60.1 Å². The molecule has 0 amide bonds. The van der Waals surface area contributed by atoms with Gasteiger partial charge in [-0.2, -0.15) is 11.3 Å². The van der Waals surface area contributed by atoms with E-state index < -0.39 is 0 Å². The molecule has 2 N–H and O–H groups in total. The fourth-order valence-electron chi connectivity index (χ4n) is 2.38. The third-order valence-electron chi connectivity index (χ3n) is 3.41. The minimum atomic E-state index is -0.0400. The molecule has 90 valence electrons. The van der Waals surface area contributed by atoms with Gasteiger partial charge in [-0.15, -0.1) is 0 Å². The Labute approximate surface area is 111 Å². The smallest absolute Gasteiger partial charge is 0.0566 e. The van der Waals surface area contributed by atoms with Crippen molar-refractivity contribution in [2.75, 3.05) is 0 Å². The van der Waals surface area contributed by atoms with Crippen LogP contribution >= 0.6 is 11.3 Å². The minimum absolute atomic E-state index is 0.0400. The van der Waals surface area contributed by atoms with Crippen LogP contribution in [-0.4, -0.2) is 0 Å². The van der Waals surface area contributed by atoms with Crippen molar-refractivity contribution in [3.05, 3.63) is 69.9 Å². The molecule has 2 aromatic carbocycles. The summed E-state index contributed by atoms with van der Waals surface area (Å²) in [6.07, 6.45) is 0. The number of aryl methyl sites for hydroxylation is 1. The lowest BCUT2D eigenvalue weighted by Gasteiger charge is -2.15. The summed E-state index contributed by atoms with van der Waals surface area (Å²) in [7, 11) is 0. The summed E-state index contributed by atoms with van der Waals surface area (Å²) in [4.78, 5) is 0. The molecule has 1 heterocycles. The van der Waals surface area contributed by atoms with Gasteiger partial charge in [-0.3, -0.25) is 0 Å². The normalized spacial score (nSPS) is 12.8. The van der Waals surface area contributed by atoms with E-state index >= 15 is 0 Å². The van der Waals surface area contributed by atoms with Crippen LogP contribution in [0.25, 0.3) is 10.8 Å². The van der Waals surface area contributed by atoms with Crippen LogP contribution < -0.4 is 5.73 Å². The van der Waals surface area contributed by atoms with Gasteiger partial charge in [0.05, 0.1) is 6.04 Å². The molecule has 0 aliphatic rings. The predicted molar refractivity (Wildman–Crippen MR) is 79.0 cm³/mol. The molecule has 3 aromatic rings. The second-order valence-corrected chi connectivity index (χ2v) is 5.33. The molecule has 1 aromatic heterocycles. The molecule has 18 heavy (non-hydrogen) atoms. The van der Waals surface area contributed by atoms with Gasteiger partial charge in [-0.05, 0) is 51.2 Å². The van der Waals surface area contributed by atoms with Gasteiger partial charge in [0.2, 0.25) is 0 Å². The van der Waals surface area contributed by atoms with Gasteiger partial charge in [0.1, 0.15) is 0 Å². The Hall–Kier alpha value is -1.64. The zero-order valence-corrected chi connectivity index (χ0v) is 11.1.